The van der Waals surface area contributed by atoms with Crippen LogP contribution in [-0.2, 0) is 6.42 Å². The lowest BCUT2D eigenvalue weighted by Crippen LogP contribution is -1.92. The molecule has 0 bridgehead atoms. The first kappa shape index (κ1) is 8.91. The highest BCUT2D eigenvalue weighted by Gasteiger charge is 2.21. The van der Waals surface area contributed by atoms with E-state index in [1.807, 2.05) is 6.07 Å². The van der Waals surface area contributed by atoms with Gasteiger partial charge in [0.05, 0.1) is 0 Å². The molecule has 3 rings (SSSR count). The summed E-state index contributed by atoms with van der Waals surface area (Å²) in [6.45, 7) is 0.922. The third kappa shape index (κ3) is 1.43. The van der Waals surface area contributed by atoms with Crippen LogP contribution in [0, 0.1) is 0 Å². The summed E-state index contributed by atoms with van der Waals surface area (Å²) in [4.78, 5) is 4.12. The fourth-order valence-corrected chi connectivity index (χ4v) is 2.11. The van der Waals surface area contributed by atoms with E-state index in [0.29, 0.717) is 0 Å². The van der Waals surface area contributed by atoms with Crippen LogP contribution in [0.4, 0.5) is 5.88 Å². The van der Waals surface area contributed by atoms with Gasteiger partial charge in [0.2, 0.25) is 5.88 Å². The van der Waals surface area contributed by atoms with Crippen LogP contribution in [0.2, 0.25) is 0 Å². The van der Waals surface area contributed by atoms with Gasteiger partial charge in [-0.25, -0.2) is 0 Å². The highest BCUT2D eigenvalue weighted by atomic mass is 79.9. The highest BCUT2D eigenvalue weighted by molar-refractivity contribution is 9.10. The molecule has 1 aliphatic rings. The summed E-state index contributed by atoms with van der Waals surface area (Å²) in [7, 11) is 0. The number of hydrogen-bond donors (Lipinski definition) is 1. The largest absolute Gasteiger partial charge is 0.353 e. The summed E-state index contributed by atoms with van der Waals surface area (Å²) in [5.74, 6) is 0.796. The van der Waals surface area contributed by atoms with E-state index in [1.54, 1.807) is 12.4 Å². The number of pyridine rings is 1. The van der Waals surface area contributed by atoms with Gasteiger partial charge in [0, 0.05) is 34.5 Å². The van der Waals surface area contributed by atoms with Gasteiger partial charge in [-0.15, -0.1) is 0 Å². The average Bonchev–Trinajstić information content (AvgIpc) is 2.77. The quantitative estimate of drug-likeness (QED) is 0.861. The molecule has 0 atom stereocenters. The van der Waals surface area contributed by atoms with Gasteiger partial charge in [-0.2, -0.15) is 0 Å². The van der Waals surface area contributed by atoms with Crippen molar-refractivity contribution in [2.24, 2.45) is 0 Å². The number of halogens is 1. The van der Waals surface area contributed by atoms with E-state index in [1.165, 1.54) is 0 Å². The second kappa shape index (κ2) is 3.34. The van der Waals surface area contributed by atoms with Crippen molar-refractivity contribution in [2.75, 3.05) is 11.9 Å². The van der Waals surface area contributed by atoms with Crippen LogP contribution in [0.15, 0.2) is 27.5 Å². The van der Waals surface area contributed by atoms with Crippen molar-refractivity contribution in [1.82, 2.24) is 10.1 Å². The molecular weight excluding hydrogens is 258 g/mol. The molecule has 5 heteroatoms. The molecule has 0 amide bonds. The minimum absolute atomic E-state index is 0.796. The smallest absolute Gasteiger partial charge is 0.228 e. The Labute approximate surface area is 94.8 Å². The average molecular weight is 266 g/mol. The van der Waals surface area contributed by atoms with E-state index < -0.39 is 0 Å². The number of fused-ring (bicyclic) bond motifs is 1. The van der Waals surface area contributed by atoms with E-state index in [0.717, 1.165) is 40.1 Å². The Hall–Kier alpha value is -1.36. The third-order valence-corrected chi connectivity index (χ3v) is 2.86. The first-order valence-electron chi connectivity index (χ1n) is 4.68. The Morgan fingerprint density at radius 2 is 2.33 bits per heavy atom. The molecule has 76 valence electrons. The van der Waals surface area contributed by atoms with Gasteiger partial charge in [0.15, 0.2) is 0 Å². The zero-order chi connectivity index (χ0) is 10.3. The molecule has 2 aromatic heterocycles. The molecule has 0 fully saturated rings. The number of nitrogens with zero attached hydrogens (tertiary/aromatic N) is 2. The van der Waals surface area contributed by atoms with Crippen molar-refractivity contribution in [2.45, 2.75) is 6.42 Å². The molecule has 0 aliphatic carbocycles. The highest BCUT2D eigenvalue weighted by Crippen LogP contribution is 2.32. The topological polar surface area (TPSA) is 51.0 Å². The van der Waals surface area contributed by atoms with E-state index in [2.05, 4.69) is 31.4 Å². The Balaban J connectivity index is 2.13. The molecule has 0 unspecified atom stereocenters. The molecule has 0 aromatic carbocycles. The summed E-state index contributed by atoms with van der Waals surface area (Å²) in [5.41, 5.74) is 3.02. The van der Waals surface area contributed by atoms with Crippen molar-refractivity contribution in [1.29, 1.82) is 0 Å². The van der Waals surface area contributed by atoms with Crippen LogP contribution in [0.25, 0.3) is 11.3 Å². The molecule has 0 saturated carbocycles. The number of aromatic nitrogens is 2. The maximum Gasteiger partial charge on any atom is 0.228 e. The van der Waals surface area contributed by atoms with Crippen molar-refractivity contribution < 1.29 is 4.52 Å². The monoisotopic (exact) mass is 265 g/mol. The molecule has 2 aromatic rings. The predicted octanol–water partition coefficient (Wildman–Crippen LogP) is 2.47. The minimum Gasteiger partial charge on any atom is -0.353 e. The number of hydrogen-bond acceptors (Lipinski definition) is 4. The number of anilines is 1. The lowest BCUT2D eigenvalue weighted by molar-refractivity contribution is 0.436. The van der Waals surface area contributed by atoms with E-state index in [-0.39, 0.29) is 0 Å². The zero-order valence-electron chi connectivity index (χ0n) is 7.83. The van der Waals surface area contributed by atoms with E-state index in [9.17, 15) is 0 Å². The Morgan fingerprint density at radius 1 is 1.40 bits per heavy atom. The first-order valence-corrected chi connectivity index (χ1v) is 5.47. The standard InChI is InChI=1S/C10H8BrN3O/c11-7-3-6(4-12-5-7)9-8-1-2-13-10(8)15-14-9/h3-5,13H,1-2H2. The minimum atomic E-state index is 0.796. The molecule has 1 N–H and O–H groups in total. The lowest BCUT2D eigenvalue weighted by atomic mass is 10.1. The Morgan fingerprint density at radius 3 is 3.20 bits per heavy atom. The second-order valence-corrected chi connectivity index (χ2v) is 4.32. The van der Waals surface area contributed by atoms with Gasteiger partial charge >= 0.3 is 0 Å². The second-order valence-electron chi connectivity index (χ2n) is 3.41. The summed E-state index contributed by atoms with van der Waals surface area (Å²) < 4.78 is 6.14. The molecule has 1 aliphatic heterocycles. The number of rotatable bonds is 1. The normalized spacial score (nSPS) is 13.7. The van der Waals surface area contributed by atoms with Gasteiger partial charge in [0.25, 0.3) is 0 Å². The van der Waals surface area contributed by atoms with Gasteiger partial charge in [-0.05, 0) is 28.4 Å². The van der Waals surface area contributed by atoms with Crippen molar-refractivity contribution >= 4 is 21.8 Å². The van der Waals surface area contributed by atoms with Crippen molar-refractivity contribution in [3.05, 3.63) is 28.5 Å². The summed E-state index contributed by atoms with van der Waals surface area (Å²) in [6.07, 6.45) is 4.50. The van der Waals surface area contributed by atoms with Crippen LogP contribution >= 0.6 is 15.9 Å². The summed E-state index contributed by atoms with van der Waals surface area (Å²) in [6, 6.07) is 1.99. The maximum absolute atomic E-state index is 5.20. The number of nitrogens with one attached hydrogen (secondary N) is 1. The molecule has 4 nitrogen and oxygen atoms in total. The SMILES string of the molecule is Brc1cncc(-c2noc3c2CCN3)c1. The van der Waals surface area contributed by atoms with Gasteiger partial charge in [-0.3, -0.25) is 4.98 Å². The van der Waals surface area contributed by atoms with Crippen LogP contribution < -0.4 is 5.32 Å². The summed E-state index contributed by atoms with van der Waals surface area (Å²) >= 11 is 3.39. The van der Waals surface area contributed by atoms with Crippen molar-refractivity contribution in [3.8, 4) is 11.3 Å². The molecule has 15 heavy (non-hydrogen) atoms. The van der Waals surface area contributed by atoms with Gasteiger partial charge in [-0.1, -0.05) is 5.16 Å². The van der Waals surface area contributed by atoms with Crippen molar-refractivity contribution in [3.63, 3.8) is 0 Å². The molecular formula is C10H8BrN3O. The van der Waals surface area contributed by atoms with E-state index in [4.69, 9.17) is 4.52 Å². The van der Waals surface area contributed by atoms with Crippen LogP contribution in [0.1, 0.15) is 5.56 Å². The van der Waals surface area contributed by atoms with Crippen LogP contribution in [-0.4, -0.2) is 16.7 Å². The molecule has 3 heterocycles. The Kier molecular flexibility index (Phi) is 1.98. The first-order chi connectivity index (χ1) is 7.34. The molecule has 0 radical (unpaired) electrons. The summed E-state index contributed by atoms with van der Waals surface area (Å²) in [5, 5.41) is 7.19. The lowest BCUT2D eigenvalue weighted by Gasteiger charge is -1.97. The fraction of sp³-hybridized carbons (Fsp3) is 0.200. The van der Waals surface area contributed by atoms with Gasteiger partial charge in [0.1, 0.15) is 5.69 Å². The predicted molar refractivity (Wildman–Crippen MR) is 59.6 cm³/mol. The zero-order valence-corrected chi connectivity index (χ0v) is 9.41. The fourth-order valence-electron chi connectivity index (χ4n) is 1.75. The van der Waals surface area contributed by atoms with Crippen LogP contribution in [0.5, 0.6) is 0 Å². The Bertz CT molecular complexity index is 509. The van der Waals surface area contributed by atoms with Crippen LogP contribution in [0.3, 0.4) is 0 Å². The third-order valence-electron chi connectivity index (χ3n) is 2.43. The molecule has 0 saturated heterocycles. The van der Waals surface area contributed by atoms with E-state index >= 15 is 0 Å². The van der Waals surface area contributed by atoms with Gasteiger partial charge < -0.3 is 9.84 Å². The molecule has 0 spiro atoms. The maximum atomic E-state index is 5.20.